The number of nitrogens with one attached hydrogen (secondary N) is 2. The summed E-state index contributed by atoms with van der Waals surface area (Å²) in [5.74, 6) is 0.128. The number of benzene rings is 3. The number of carbonyl (C=O) groups excluding carboxylic acids is 1. The summed E-state index contributed by atoms with van der Waals surface area (Å²) < 4.78 is 5.50. The van der Waals surface area contributed by atoms with E-state index in [1.54, 1.807) is 12.1 Å². The van der Waals surface area contributed by atoms with E-state index in [4.69, 9.17) is 9.63 Å². The molecular weight excluding hydrogens is 468 g/mol. The van der Waals surface area contributed by atoms with Crippen LogP contribution in [0.4, 0.5) is 5.69 Å². The molecule has 0 aliphatic rings. The van der Waals surface area contributed by atoms with Crippen molar-refractivity contribution in [3.05, 3.63) is 90.0 Å². The Balaban J connectivity index is 1.45. The van der Waals surface area contributed by atoms with Gasteiger partial charge in [-0.15, -0.1) is 0 Å². The zero-order valence-corrected chi connectivity index (χ0v) is 20.8. The lowest BCUT2D eigenvalue weighted by Crippen LogP contribution is -2.26. The second-order valence-electron chi connectivity index (χ2n) is 8.90. The minimum atomic E-state index is -0.946. The average Bonchev–Trinajstić information content (AvgIpc) is 3.42. The van der Waals surface area contributed by atoms with Crippen molar-refractivity contribution in [2.45, 2.75) is 32.7 Å². The lowest BCUT2D eigenvalue weighted by atomic mass is 9.91. The molecule has 0 aliphatic carbocycles. The zero-order chi connectivity index (χ0) is 26.2. The summed E-state index contributed by atoms with van der Waals surface area (Å²) in [5, 5.41) is 19.0. The standard InChI is InChI=1S/C29H30N4O4/c1-3-19(2)26(31-24-15-13-22(14-16-24)28(36)30-18-17-25(34)35)20-9-11-23(12-10-20)29-32-27(33-37-29)21-7-5-4-6-8-21/h4-16,19,26,31H,3,17-18H2,1-2H3,(H,30,36)(H,34,35)/t19?,26-/m0/s1. The van der Waals surface area contributed by atoms with E-state index < -0.39 is 5.97 Å². The van der Waals surface area contributed by atoms with E-state index in [0.717, 1.165) is 28.8 Å². The highest BCUT2D eigenvalue weighted by atomic mass is 16.5. The lowest BCUT2D eigenvalue weighted by Gasteiger charge is -2.26. The first-order valence-electron chi connectivity index (χ1n) is 12.3. The van der Waals surface area contributed by atoms with Gasteiger partial charge in [0.25, 0.3) is 11.8 Å². The van der Waals surface area contributed by atoms with Crippen molar-refractivity contribution in [3.63, 3.8) is 0 Å². The van der Waals surface area contributed by atoms with Crippen molar-refractivity contribution in [1.29, 1.82) is 0 Å². The molecule has 4 aromatic rings. The summed E-state index contributed by atoms with van der Waals surface area (Å²) in [5.41, 5.74) is 4.24. The van der Waals surface area contributed by atoms with E-state index in [1.807, 2.05) is 54.6 Å². The summed E-state index contributed by atoms with van der Waals surface area (Å²) in [4.78, 5) is 27.4. The van der Waals surface area contributed by atoms with Crippen molar-refractivity contribution in [1.82, 2.24) is 15.5 Å². The van der Waals surface area contributed by atoms with E-state index >= 15 is 0 Å². The zero-order valence-electron chi connectivity index (χ0n) is 20.8. The molecule has 1 aromatic heterocycles. The van der Waals surface area contributed by atoms with Crippen molar-refractivity contribution in [3.8, 4) is 22.8 Å². The summed E-state index contributed by atoms with van der Waals surface area (Å²) >= 11 is 0. The lowest BCUT2D eigenvalue weighted by molar-refractivity contribution is -0.136. The van der Waals surface area contributed by atoms with Gasteiger partial charge in [-0.3, -0.25) is 9.59 Å². The molecule has 4 rings (SSSR count). The number of hydrogen-bond acceptors (Lipinski definition) is 6. The van der Waals surface area contributed by atoms with Crippen LogP contribution in [0.3, 0.4) is 0 Å². The van der Waals surface area contributed by atoms with Gasteiger partial charge in [0.1, 0.15) is 0 Å². The summed E-state index contributed by atoms with van der Waals surface area (Å²) in [6.45, 7) is 4.44. The molecule has 8 nitrogen and oxygen atoms in total. The number of rotatable bonds is 11. The Kier molecular flexibility index (Phi) is 8.30. The number of carbonyl (C=O) groups is 2. The van der Waals surface area contributed by atoms with Gasteiger partial charge in [-0.05, 0) is 47.9 Å². The van der Waals surface area contributed by atoms with Crippen molar-refractivity contribution >= 4 is 17.6 Å². The van der Waals surface area contributed by atoms with Crippen LogP contribution in [0.1, 0.15) is 48.7 Å². The van der Waals surface area contributed by atoms with Crippen LogP contribution < -0.4 is 10.6 Å². The largest absolute Gasteiger partial charge is 0.481 e. The molecular formula is C29H30N4O4. The van der Waals surface area contributed by atoms with Gasteiger partial charge in [-0.2, -0.15) is 4.98 Å². The molecule has 0 saturated heterocycles. The summed E-state index contributed by atoms with van der Waals surface area (Å²) in [7, 11) is 0. The smallest absolute Gasteiger partial charge is 0.305 e. The molecule has 3 N–H and O–H groups in total. The van der Waals surface area contributed by atoms with Gasteiger partial charge in [-0.25, -0.2) is 0 Å². The van der Waals surface area contributed by atoms with Crippen LogP contribution in [0.15, 0.2) is 83.4 Å². The Morgan fingerprint density at radius 1 is 0.946 bits per heavy atom. The molecule has 8 heteroatoms. The molecule has 0 saturated carbocycles. The molecule has 1 unspecified atom stereocenters. The van der Waals surface area contributed by atoms with Crippen molar-refractivity contribution in [2.24, 2.45) is 5.92 Å². The highest BCUT2D eigenvalue weighted by Crippen LogP contribution is 2.31. The Hall–Kier alpha value is -4.46. The first-order valence-corrected chi connectivity index (χ1v) is 12.3. The van der Waals surface area contributed by atoms with Crippen LogP contribution in [0.25, 0.3) is 22.8 Å². The van der Waals surface area contributed by atoms with Gasteiger partial charge < -0.3 is 20.3 Å². The summed E-state index contributed by atoms with van der Waals surface area (Å²) in [6, 6.07) is 25.0. The summed E-state index contributed by atoms with van der Waals surface area (Å²) in [6.07, 6.45) is 0.870. The molecule has 3 aromatic carbocycles. The quantitative estimate of drug-likeness (QED) is 0.239. The monoisotopic (exact) mass is 498 g/mol. The minimum Gasteiger partial charge on any atom is -0.481 e. The van der Waals surface area contributed by atoms with Gasteiger partial charge in [0.2, 0.25) is 5.82 Å². The topological polar surface area (TPSA) is 117 Å². The number of aliphatic carboxylic acids is 1. The van der Waals surface area contributed by atoms with Crippen LogP contribution >= 0.6 is 0 Å². The second kappa shape index (κ2) is 12.0. The fourth-order valence-electron chi connectivity index (χ4n) is 3.95. The maximum atomic E-state index is 12.2. The normalized spacial score (nSPS) is 12.5. The van der Waals surface area contributed by atoms with Gasteiger partial charge in [0.15, 0.2) is 0 Å². The third kappa shape index (κ3) is 6.61. The Bertz CT molecular complexity index is 1320. The number of carboxylic acids is 1. The van der Waals surface area contributed by atoms with E-state index in [0.29, 0.717) is 23.2 Å². The third-order valence-corrected chi connectivity index (χ3v) is 6.28. The predicted molar refractivity (Wildman–Crippen MR) is 142 cm³/mol. The van der Waals surface area contributed by atoms with Gasteiger partial charge in [0, 0.05) is 28.9 Å². The number of amides is 1. The molecule has 0 fully saturated rings. The maximum Gasteiger partial charge on any atom is 0.305 e. The fraction of sp³-hybridized carbons (Fsp3) is 0.241. The highest BCUT2D eigenvalue weighted by molar-refractivity contribution is 5.94. The molecule has 0 bridgehead atoms. The van der Waals surface area contributed by atoms with Crippen LogP contribution in [0.5, 0.6) is 0 Å². The fourth-order valence-corrected chi connectivity index (χ4v) is 3.95. The van der Waals surface area contributed by atoms with E-state index in [1.165, 1.54) is 0 Å². The van der Waals surface area contributed by atoms with Crippen molar-refractivity contribution < 1.29 is 19.2 Å². The predicted octanol–water partition coefficient (Wildman–Crippen LogP) is 5.81. The van der Waals surface area contributed by atoms with Gasteiger partial charge in [-0.1, -0.05) is 67.9 Å². The van der Waals surface area contributed by atoms with Gasteiger partial charge in [0.05, 0.1) is 12.5 Å². The number of anilines is 1. The van der Waals surface area contributed by atoms with Crippen molar-refractivity contribution in [2.75, 3.05) is 11.9 Å². The molecule has 0 aliphatic heterocycles. The second-order valence-corrected chi connectivity index (χ2v) is 8.90. The number of nitrogens with zero attached hydrogens (tertiary/aromatic N) is 2. The molecule has 190 valence electrons. The minimum absolute atomic E-state index is 0.0526. The Morgan fingerprint density at radius 2 is 1.65 bits per heavy atom. The van der Waals surface area contributed by atoms with Crippen LogP contribution in [0, 0.1) is 5.92 Å². The van der Waals surface area contributed by atoms with E-state index in [2.05, 4.69) is 46.8 Å². The van der Waals surface area contributed by atoms with Gasteiger partial charge >= 0.3 is 5.97 Å². The van der Waals surface area contributed by atoms with Crippen LogP contribution in [-0.4, -0.2) is 33.7 Å². The number of aromatic nitrogens is 2. The van der Waals surface area contributed by atoms with E-state index in [-0.39, 0.29) is 24.9 Å². The van der Waals surface area contributed by atoms with Crippen LogP contribution in [0.2, 0.25) is 0 Å². The first kappa shape index (κ1) is 25.6. The third-order valence-electron chi connectivity index (χ3n) is 6.28. The molecule has 0 spiro atoms. The highest BCUT2D eigenvalue weighted by Gasteiger charge is 2.19. The van der Waals surface area contributed by atoms with E-state index in [9.17, 15) is 9.59 Å². The number of carboxylic acid groups (broad SMARTS) is 1. The Labute approximate surface area is 215 Å². The Morgan fingerprint density at radius 3 is 2.30 bits per heavy atom. The molecule has 37 heavy (non-hydrogen) atoms. The molecule has 1 amide bonds. The first-order chi connectivity index (χ1) is 17.9. The molecule has 1 heterocycles. The number of hydrogen-bond donors (Lipinski definition) is 3. The van der Waals surface area contributed by atoms with Crippen LogP contribution in [-0.2, 0) is 4.79 Å². The SMILES string of the molecule is CCC(C)[C@H](Nc1ccc(C(=O)NCCC(=O)O)cc1)c1ccc(-c2nc(-c3ccccc3)no2)cc1. The maximum absolute atomic E-state index is 12.2. The molecule has 2 atom stereocenters. The molecule has 0 radical (unpaired) electrons. The average molecular weight is 499 g/mol.